The van der Waals surface area contributed by atoms with E-state index >= 15 is 8.78 Å². The summed E-state index contributed by atoms with van der Waals surface area (Å²) in [5.41, 5.74) is 10.0. The number of aromatic nitrogens is 3. The molecule has 0 aliphatic carbocycles. The summed E-state index contributed by atoms with van der Waals surface area (Å²) in [7, 11) is 0. The number of fused-ring (bicyclic) bond motifs is 1. The van der Waals surface area contributed by atoms with E-state index in [9.17, 15) is 0 Å². The van der Waals surface area contributed by atoms with E-state index < -0.39 is 11.6 Å². The lowest BCUT2D eigenvalue weighted by atomic mass is 9.99. The molecular weight excluding hydrogens is 406 g/mol. The van der Waals surface area contributed by atoms with Crippen LogP contribution in [0, 0.1) is 18.6 Å². The largest absolute Gasteiger partial charge is 0.326 e. The molecule has 6 heteroatoms. The number of halogens is 2. The first kappa shape index (κ1) is 20.0. The Kier molecular flexibility index (Phi) is 4.99. The van der Waals surface area contributed by atoms with Crippen LogP contribution in [0.1, 0.15) is 11.3 Å². The molecule has 2 N–H and O–H groups in total. The van der Waals surface area contributed by atoms with E-state index in [-0.39, 0.29) is 11.1 Å². The highest BCUT2D eigenvalue weighted by atomic mass is 19.1. The number of rotatable bonds is 4. The molecule has 158 valence electrons. The molecule has 0 spiro atoms. The normalized spacial score (nSPS) is 11.2. The molecule has 5 rings (SSSR count). The summed E-state index contributed by atoms with van der Waals surface area (Å²) in [6, 6.07) is 21.0. The number of benzene rings is 3. The van der Waals surface area contributed by atoms with Crippen LogP contribution in [0.15, 0.2) is 79.0 Å². The Morgan fingerprint density at radius 2 is 1.75 bits per heavy atom. The van der Waals surface area contributed by atoms with Gasteiger partial charge in [0.2, 0.25) is 0 Å². The Bertz CT molecular complexity index is 1440. The quantitative estimate of drug-likeness (QED) is 0.395. The van der Waals surface area contributed by atoms with E-state index in [0.717, 1.165) is 5.56 Å². The summed E-state index contributed by atoms with van der Waals surface area (Å²) in [6.45, 7) is 2.19. The van der Waals surface area contributed by atoms with Crippen LogP contribution < -0.4 is 5.73 Å². The molecule has 0 bridgehead atoms. The molecule has 0 saturated carbocycles. The number of hydrogen-bond acceptors (Lipinski definition) is 3. The van der Waals surface area contributed by atoms with Crippen LogP contribution in [-0.4, -0.2) is 14.8 Å². The van der Waals surface area contributed by atoms with Crippen molar-refractivity contribution >= 4 is 10.9 Å². The fourth-order valence-electron chi connectivity index (χ4n) is 3.95. The van der Waals surface area contributed by atoms with Crippen molar-refractivity contribution in [3.63, 3.8) is 0 Å². The molecule has 0 amide bonds. The molecule has 0 aliphatic heterocycles. The smallest absolute Gasteiger partial charge is 0.157 e. The lowest BCUT2D eigenvalue weighted by molar-refractivity contribution is 0.618. The minimum Gasteiger partial charge on any atom is -0.326 e. The molecule has 0 fully saturated rings. The van der Waals surface area contributed by atoms with Crippen molar-refractivity contribution in [2.45, 2.75) is 13.5 Å². The van der Waals surface area contributed by atoms with Gasteiger partial charge < -0.3 is 5.73 Å². The zero-order valence-corrected chi connectivity index (χ0v) is 17.4. The molecule has 5 aromatic rings. The van der Waals surface area contributed by atoms with Gasteiger partial charge in [0.15, 0.2) is 5.82 Å². The maximum atomic E-state index is 15.8. The summed E-state index contributed by atoms with van der Waals surface area (Å²) < 4.78 is 32.5. The van der Waals surface area contributed by atoms with Gasteiger partial charge in [0, 0.05) is 34.8 Å². The second-order valence-electron chi connectivity index (χ2n) is 7.60. The Morgan fingerprint density at radius 3 is 2.50 bits per heavy atom. The maximum absolute atomic E-state index is 15.8. The van der Waals surface area contributed by atoms with Gasteiger partial charge in [0.1, 0.15) is 11.3 Å². The van der Waals surface area contributed by atoms with Gasteiger partial charge in [0.05, 0.1) is 17.1 Å². The minimum absolute atomic E-state index is 0.179. The Morgan fingerprint density at radius 1 is 0.906 bits per heavy atom. The van der Waals surface area contributed by atoms with Gasteiger partial charge in [-0.15, -0.1) is 0 Å². The van der Waals surface area contributed by atoms with Gasteiger partial charge in [-0.2, -0.15) is 5.10 Å². The van der Waals surface area contributed by atoms with Crippen molar-refractivity contribution in [2.24, 2.45) is 5.73 Å². The molecule has 0 aliphatic rings. The Balaban J connectivity index is 1.67. The highest BCUT2D eigenvalue weighted by molar-refractivity contribution is 5.89. The Hall–Kier alpha value is -3.90. The van der Waals surface area contributed by atoms with Gasteiger partial charge in [-0.25, -0.2) is 13.5 Å². The van der Waals surface area contributed by atoms with Crippen molar-refractivity contribution < 1.29 is 8.78 Å². The summed E-state index contributed by atoms with van der Waals surface area (Å²) in [6.07, 6.45) is 1.65. The summed E-state index contributed by atoms with van der Waals surface area (Å²) >= 11 is 0. The first-order valence-corrected chi connectivity index (χ1v) is 10.3. The second kappa shape index (κ2) is 7.98. The number of nitrogens with two attached hydrogens (primary N) is 1. The first-order valence-electron chi connectivity index (χ1n) is 10.3. The van der Waals surface area contributed by atoms with E-state index in [2.05, 4.69) is 10.1 Å². The minimum atomic E-state index is -0.522. The third-order valence-electron chi connectivity index (χ3n) is 5.58. The third-order valence-corrected chi connectivity index (χ3v) is 5.58. The number of aryl methyl sites for hydroxylation is 1. The molecule has 32 heavy (non-hydrogen) atoms. The van der Waals surface area contributed by atoms with Crippen molar-refractivity contribution in [3.05, 3.63) is 102 Å². The van der Waals surface area contributed by atoms with Crippen molar-refractivity contribution in [1.82, 2.24) is 14.8 Å². The Labute approximate surface area is 184 Å². The van der Waals surface area contributed by atoms with Crippen molar-refractivity contribution in [1.29, 1.82) is 0 Å². The summed E-state index contributed by atoms with van der Waals surface area (Å²) in [5, 5.41) is 5.22. The van der Waals surface area contributed by atoms with E-state index in [4.69, 9.17) is 5.73 Å². The molecule has 0 unspecified atom stereocenters. The third kappa shape index (κ3) is 3.35. The van der Waals surface area contributed by atoms with Crippen molar-refractivity contribution in [2.75, 3.05) is 0 Å². The molecule has 0 radical (unpaired) electrons. The van der Waals surface area contributed by atoms with Crippen molar-refractivity contribution in [3.8, 4) is 28.1 Å². The van der Waals surface area contributed by atoms with Crippen LogP contribution in [0.3, 0.4) is 0 Å². The highest BCUT2D eigenvalue weighted by Crippen LogP contribution is 2.34. The lowest BCUT2D eigenvalue weighted by Crippen LogP contribution is -2.02. The van der Waals surface area contributed by atoms with E-state index in [1.807, 2.05) is 37.3 Å². The fraction of sp³-hybridized carbons (Fsp3) is 0.0769. The molecule has 2 aromatic heterocycles. The molecule has 2 heterocycles. The maximum Gasteiger partial charge on any atom is 0.157 e. The topological polar surface area (TPSA) is 56.7 Å². The van der Waals surface area contributed by atoms with Gasteiger partial charge in [0.25, 0.3) is 0 Å². The first-order chi connectivity index (χ1) is 15.6. The van der Waals surface area contributed by atoms with Gasteiger partial charge in [-0.3, -0.25) is 4.98 Å². The van der Waals surface area contributed by atoms with E-state index in [1.54, 1.807) is 47.3 Å². The van der Waals surface area contributed by atoms with Crippen LogP contribution in [0.5, 0.6) is 0 Å². The molecule has 4 nitrogen and oxygen atoms in total. The zero-order valence-electron chi connectivity index (χ0n) is 17.4. The predicted molar refractivity (Wildman–Crippen MR) is 122 cm³/mol. The number of pyridine rings is 1. The summed E-state index contributed by atoms with van der Waals surface area (Å²) in [5.74, 6) is -1.04. The monoisotopic (exact) mass is 426 g/mol. The van der Waals surface area contributed by atoms with Crippen LogP contribution in [0.4, 0.5) is 8.78 Å². The summed E-state index contributed by atoms with van der Waals surface area (Å²) in [4.78, 5) is 4.25. The fourth-order valence-corrected chi connectivity index (χ4v) is 3.95. The zero-order chi connectivity index (χ0) is 22.2. The van der Waals surface area contributed by atoms with Gasteiger partial charge in [-0.05, 0) is 42.8 Å². The molecule has 3 aromatic carbocycles. The lowest BCUT2D eigenvalue weighted by Gasteiger charge is -2.10. The SMILES string of the molecule is Cc1nn(-c2cccc(CN)c2)c2c(F)c(-c3ccc(-c4ccccn4)cc3F)ccc12. The average molecular weight is 426 g/mol. The second-order valence-corrected chi connectivity index (χ2v) is 7.60. The molecule has 0 atom stereocenters. The van der Waals surface area contributed by atoms with E-state index in [0.29, 0.717) is 40.1 Å². The number of nitrogens with zero attached hydrogens (tertiary/aromatic N) is 3. The number of hydrogen-bond donors (Lipinski definition) is 1. The molecular formula is C26H20F2N4. The standard InChI is InChI=1S/C26H20F2N4/c1-16-20-10-11-22(21-9-8-18(14-23(21)27)24-7-2-3-12-30-24)25(28)26(20)32(31-16)19-6-4-5-17(13-19)15-29/h2-14H,15,29H2,1H3. The van der Waals surface area contributed by atoms with Crippen LogP contribution in [-0.2, 0) is 6.54 Å². The van der Waals surface area contributed by atoms with E-state index in [1.165, 1.54) is 6.07 Å². The average Bonchev–Trinajstić information content (AvgIpc) is 3.17. The van der Waals surface area contributed by atoms with Crippen LogP contribution >= 0.6 is 0 Å². The van der Waals surface area contributed by atoms with Crippen LogP contribution in [0.2, 0.25) is 0 Å². The predicted octanol–water partition coefficient (Wildman–Crippen LogP) is 5.80. The van der Waals surface area contributed by atoms with Gasteiger partial charge in [-0.1, -0.05) is 42.5 Å². The molecule has 0 saturated heterocycles. The van der Waals surface area contributed by atoms with Crippen LogP contribution in [0.25, 0.3) is 39.0 Å². The highest BCUT2D eigenvalue weighted by Gasteiger charge is 2.20. The van der Waals surface area contributed by atoms with Gasteiger partial charge >= 0.3 is 0 Å².